The molecule has 0 radical (unpaired) electrons. The van der Waals surface area contributed by atoms with Crippen LogP contribution in [-0.4, -0.2) is 28.2 Å². The molecule has 0 unspecified atom stereocenters. The minimum absolute atomic E-state index is 0.0689. The van der Waals surface area contributed by atoms with Gasteiger partial charge in [-0.1, -0.05) is 153 Å². The number of nitro groups is 2. The fourth-order valence-corrected chi connectivity index (χ4v) is 14.6. The molecule has 0 bridgehead atoms. The van der Waals surface area contributed by atoms with E-state index >= 15 is 0 Å². The molecule has 14 aromatic rings. The normalized spacial score (nSPS) is 14.0. The molecule has 14 heteroatoms. The third-order valence-electron chi connectivity index (χ3n) is 15.8. The van der Waals surface area contributed by atoms with Gasteiger partial charge in [0.15, 0.2) is 0 Å². The van der Waals surface area contributed by atoms with E-state index in [-0.39, 0.29) is 34.6 Å². The molecule has 0 amide bonds. The summed E-state index contributed by atoms with van der Waals surface area (Å²) in [6.45, 7) is 8.41. The van der Waals surface area contributed by atoms with E-state index < -0.39 is 4.92 Å². The second-order valence-corrected chi connectivity index (χ2v) is 25.9. The first-order chi connectivity index (χ1) is 38.5. The number of hydrogen-bond acceptors (Lipinski definition) is 8. The maximum Gasteiger partial charge on any atom is 0.494 e. The second-order valence-electron chi connectivity index (χ2n) is 21.0. The summed E-state index contributed by atoms with van der Waals surface area (Å²) in [4.78, 5) is 21.3. The summed E-state index contributed by atoms with van der Waals surface area (Å²) in [6, 6.07) is 67.0. The Morgan fingerprint density at radius 1 is 0.388 bits per heavy atom. The van der Waals surface area contributed by atoms with Gasteiger partial charge in [0, 0.05) is 61.4 Å². The first-order valence-electron chi connectivity index (χ1n) is 25.8. The lowest BCUT2D eigenvalue weighted by atomic mass is 9.79. The number of thiophene rings is 2. The van der Waals surface area contributed by atoms with E-state index in [0.717, 1.165) is 15.7 Å². The number of nitro benzene ring substituents is 2. The van der Waals surface area contributed by atoms with Crippen LogP contribution in [0.5, 0.6) is 0 Å². The predicted octanol–water partition coefficient (Wildman–Crippen LogP) is 20.8. The Balaban J connectivity index is 0.000000127. The molecule has 1 saturated heterocycles. The van der Waals surface area contributed by atoms with Crippen LogP contribution in [-0.2, 0) is 9.31 Å². The molecule has 15 rings (SSSR count). The lowest BCUT2D eigenvalue weighted by Gasteiger charge is -2.32. The summed E-state index contributed by atoms with van der Waals surface area (Å²) >= 11 is 13.2. The summed E-state index contributed by atoms with van der Waals surface area (Å²) in [7, 11) is -0.341. The van der Waals surface area contributed by atoms with Crippen molar-refractivity contribution < 1.29 is 19.2 Å². The van der Waals surface area contributed by atoms with Crippen molar-refractivity contribution >= 4 is 199 Å². The van der Waals surface area contributed by atoms with Crippen LogP contribution in [0.3, 0.4) is 0 Å². The molecular weight excluding hydrogens is 1230 g/mol. The summed E-state index contributed by atoms with van der Waals surface area (Å²) in [5, 5.41) is 42.4. The summed E-state index contributed by atoms with van der Waals surface area (Å²) in [5.74, 6) is 0. The molecule has 8 nitrogen and oxygen atoms in total. The number of rotatable bonds is 4. The van der Waals surface area contributed by atoms with E-state index in [4.69, 9.17) is 9.31 Å². The number of fused-ring (bicyclic) bond motifs is 18. The van der Waals surface area contributed by atoms with E-state index in [1.54, 1.807) is 29.5 Å². The monoisotopic (exact) mass is 1270 g/mol. The average molecular weight is 1280 g/mol. The van der Waals surface area contributed by atoms with E-state index in [2.05, 4.69) is 227 Å². The number of hydrogen-bond donors (Lipinski definition) is 0. The molecule has 1 aliphatic rings. The first kappa shape index (κ1) is 52.3. The van der Waals surface area contributed by atoms with Gasteiger partial charge in [0.05, 0.1) is 31.1 Å². The second kappa shape index (κ2) is 20.1. The van der Waals surface area contributed by atoms with E-state index in [1.165, 1.54) is 106 Å². The molecule has 12 aromatic carbocycles. The van der Waals surface area contributed by atoms with Gasteiger partial charge in [-0.15, -0.1) is 22.7 Å². The molecule has 80 heavy (non-hydrogen) atoms. The van der Waals surface area contributed by atoms with E-state index in [9.17, 15) is 20.2 Å². The van der Waals surface area contributed by atoms with E-state index in [0.29, 0.717) is 19.0 Å². The van der Waals surface area contributed by atoms with Gasteiger partial charge in [-0.3, -0.25) is 20.2 Å². The molecule has 3 heterocycles. The third kappa shape index (κ3) is 9.02. The Kier molecular flexibility index (Phi) is 13.2. The van der Waals surface area contributed by atoms with Crippen molar-refractivity contribution in [2.45, 2.75) is 38.9 Å². The molecule has 0 saturated carbocycles. The van der Waals surface area contributed by atoms with Crippen LogP contribution in [0.15, 0.2) is 208 Å². The molecule has 1 aliphatic heterocycles. The number of nitrogens with zero attached hydrogens (tertiary/aromatic N) is 2. The molecular formula is C66H44BBr3N2O6S2. The van der Waals surface area contributed by atoms with Crippen LogP contribution < -0.4 is 5.46 Å². The Morgan fingerprint density at radius 3 is 1.20 bits per heavy atom. The fraction of sp³-hybridized carbons (Fsp3) is 0.0909. The van der Waals surface area contributed by atoms with Gasteiger partial charge in [-0.2, -0.15) is 0 Å². The van der Waals surface area contributed by atoms with Crippen molar-refractivity contribution in [3.63, 3.8) is 0 Å². The smallest absolute Gasteiger partial charge is 0.399 e. The minimum atomic E-state index is -0.436. The summed E-state index contributed by atoms with van der Waals surface area (Å²) in [6.07, 6.45) is 0. The van der Waals surface area contributed by atoms with Crippen molar-refractivity contribution in [1.82, 2.24) is 0 Å². The van der Waals surface area contributed by atoms with Gasteiger partial charge >= 0.3 is 7.12 Å². The zero-order valence-corrected chi connectivity index (χ0v) is 49.7. The highest BCUT2D eigenvalue weighted by Gasteiger charge is 2.51. The number of benzene rings is 12. The maximum absolute atomic E-state index is 11.7. The lowest BCUT2D eigenvalue weighted by Crippen LogP contribution is -2.41. The predicted molar refractivity (Wildman–Crippen MR) is 348 cm³/mol. The number of halogens is 3. The molecule has 0 N–H and O–H groups in total. The Morgan fingerprint density at radius 2 is 0.762 bits per heavy atom. The van der Waals surface area contributed by atoms with Crippen molar-refractivity contribution in [1.29, 1.82) is 0 Å². The Labute approximate surface area is 492 Å². The van der Waals surface area contributed by atoms with Crippen molar-refractivity contribution in [3.05, 3.63) is 228 Å². The van der Waals surface area contributed by atoms with Crippen LogP contribution >= 0.6 is 70.5 Å². The van der Waals surface area contributed by atoms with Crippen LogP contribution in [0.2, 0.25) is 0 Å². The SMILES string of the molecule is CC1(C)OB(c2ccc3c(c2)sc2cc4c5ccccc5c5ccccc5c4cc23)OC1(C)C.O=[N+]([O-])c1cc(Br)ccc1-c1ccc2c(c1)sc1cc3c4ccccc4c4ccccc4c3cc12.O=[N+]([O-])c1cc(Br)ccc1Br. The topological polar surface area (TPSA) is 105 Å². The van der Waals surface area contributed by atoms with Crippen molar-refractivity contribution in [2.24, 2.45) is 0 Å². The van der Waals surface area contributed by atoms with Gasteiger partial charge in [-0.05, 0) is 180 Å². The van der Waals surface area contributed by atoms with Crippen LogP contribution in [0.4, 0.5) is 11.4 Å². The van der Waals surface area contributed by atoms with Gasteiger partial charge in [0.1, 0.15) is 0 Å². The molecule has 2 aromatic heterocycles. The zero-order chi connectivity index (χ0) is 55.4. The fourth-order valence-electron chi connectivity index (χ4n) is 11.2. The summed E-state index contributed by atoms with van der Waals surface area (Å²) < 4.78 is 19.4. The third-order valence-corrected chi connectivity index (χ3v) is 19.7. The quantitative estimate of drug-likeness (QED) is 0.0752. The Hall–Kier alpha value is -7.14. The highest BCUT2D eigenvalue weighted by molar-refractivity contribution is 9.11. The molecule has 1 fully saturated rings. The lowest BCUT2D eigenvalue weighted by molar-refractivity contribution is -0.385. The highest BCUT2D eigenvalue weighted by atomic mass is 79.9. The largest absolute Gasteiger partial charge is 0.494 e. The molecule has 0 aliphatic carbocycles. The van der Waals surface area contributed by atoms with Crippen LogP contribution in [0, 0.1) is 20.2 Å². The summed E-state index contributed by atoms with van der Waals surface area (Å²) in [5.41, 5.74) is 2.05. The van der Waals surface area contributed by atoms with Crippen molar-refractivity contribution in [2.75, 3.05) is 0 Å². The maximum atomic E-state index is 11.7. The molecule has 0 spiro atoms. The van der Waals surface area contributed by atoms with Gasteiger partial charge in [-0.25, -0.2) is 0 Å². The van der Waals surface area contributed by atoms with Gasteiger partial charge in [0.25, 0.3) is 11.4 Å². The van der Waals surface area contributed by atoms with Crippen molar-refractivity contribution in [3.8, 4) is 11.1 Å². The molecule has 0 atom stereocenters. The van der Waals surface area contributed by atoms with Crippen LogP contribution in [0.25, 0.3) is 116 Å². The first-order valence-corrected chi connectivity index (χ1v) is 29.8. The van der Waals surface area contributed by atoms with Gasteiger partial charge < -0.3 is 9.31 Å². The standard InChI is InChI=1S/C30H25BO2S.C30H16BrNO2S.C6H3Br2NO2/c1-29(2)30(3,4)33-31(32-29)18-13-14-23-26-16-24-21-11-7-5-9-19(21)20-10-6-8-12-22(20)25(24)17-28(26)34-27(23)15-18;31-18-10-12-19(28(14-18)32(33)34)17-9-11-24-27-15-25-22-7-3-1-5-20(22)21-6-2-4-8-23(21)26(25)16-30(27)35-29(24)13-17;7-4-1-2-5(8)6(3-4)9(10)11/h5-17H,1-4H3;1-16H;1-3H. The highest BCUT2D eigenvalue weighted by Crippen LogP contribution is 2.46. The average Bonchev–Trinajstić information content (AvgIpc) is 4.17. The zero-order valence-electron chi connectivity index (χ0n) is 43.3. The van der Waals surface area contributed by atoms with E-state index in [1.807, 2.05) is 29.5 Å². The minimum Gasteiger partial charge on any atom is -0.399 e. The van der Waals surface area contributed by atoms with Gasteiger partial charge in [0.2, 0.25) is 0 Å². The Bertz CT molecular complexity index is 4930. The molecule has 390 valence electrons. The van der Waals surface area contributed by atoms with Crippen LogP contribution in [0.1, 0.15) is 27.7 Å².